The van der Waals surface area contributed by atoms with E-state index in [1.54, 1.807) is 0 Å². The van der Waals surface area contributed by atoms with Gasteiger partial charge >= 0.3 is 0 Å². The molecule has 2 rings (SSSR count). The van der Waals surface area contributed by atoms with Gasteiger partial charge in [0.25, 0.3) is 0 Å². The molecule has 0 saturated heterocycles. The maximum atomic E-state index is 5.92. The van der Waals surface area contributed by atoms with E-state index in [-0.39, 0.29) is 0 Å². The Morgan fingerprint density at radius 1 is 1.47 bits per heavy atom. The van der Waals surface area contributed by atoms with Crippen LogP contribution in [-0.4, -0.2) is 22.6 Å². The molecule has 0 spiro atoms. The average Bonchev–Trinajstić information content (AvgIpc) is 3.07. The summed E-state index contributed by atoms with van der Waals surface area (Å²) in [7, 11) is 0. The Bertz CT molecular complexity index is 492. The van der Waals surface area contributed by atoms with Crippen molar-refractivity contribution in [3.8, 4) is 0 Å². The number of thiocarbonyl (C=S) groups is 1. The Morgan fingerprint density at radius 2 is 2.11 bits per heavy atom. The van der Waals surface area contributed by atoms with Crippen LogP contribution >= 0.6 is 12.2 Å². The zero-order valence-corrected chi connectivity index (χ0v) is 13.0. The van der Waals surface area contributed by atoms with E-state index in [0.717, 1.165) is 29.2 Å². The van der Waals surface area contributed by atoms with E-state index in [4.69, 9.17) is 22.9 Å². The van der Waals surface area contributed by atoms with Crippen LogP contribution in [0.15, 0.2) is 6.07 Å². The SMILES string of the molecule is Cc1cc(C)c(C(N)=S)c(N(CC(C)C)C2CC2)n1. The molecule has 1 heterocycles. The summed E-state index contributed by atoms with van der Waals surface area (Å²) in [4.78, 5) is 7.58. The molecule has 1 fully saturated rings. The molecule has 1 saturated carbocycles. The van der Waals surface area contributed by atoms with Crippen molar-refractivity contribution in [2.45, 2.75) is 46.6 Å². The van der Waals surface area contributed by atoms with Crippen LogP contribution in [0.5, 0.6) is 0 Å². The van der Waals surface area contributed by atoms with Gasteiger partial charge in [-0.1, -0.05) is 26.1 Å². The van der Waals surface area contributed by atoms with E-state index in [1.807, 2.05) is 6.92 Å². The molecule has 1 aromatic heterocycles. The summed E-state index contributed by atoms with van der Waals surface area (Å²) < 4.78 is 0. The Kier molecular flexibility index (Phi) is 4.09. The van der Waals surface area contributed by atoms with E-state index in [1.165, 1.54) is 12.8 Å². The second-order valence-electron chi connectivity index (χ2n) is 5.92. The Labute approximate surface area is 121 Å². The summed E-state index contributed by atoms with van der Waals surface area (Å²) in [5, 5.41) is 0. The van der Waals surface area contributed by atoms with Gasteiger partial charge in [-0.2, -0.15) is 0 Å². The first kappa shape index (κ1) is 14.3. The molecular weight excluding hydrogens is 254 g/mol. The summed E-state index contributed by atoms with van der Waals surface area (Å²) in [5.41, 5.74) is 9.03. The third-order valence-corrected chi connectivity index (χ3v) is 3.60. The highest BCUT2D eigenvalue weighted by molar-refractivity contribution is 7.80. The quantitative estimate of drug-likeness (QED) is 0.840. The summed E-state index contributed by atoms with van der Waals surface area (Å²) in [6.07, 6.45) is 2.50. The minimum absolute atomic E-state index is 0.453. The number of aromatic nitrogens is 1. The minimum Gasteiger partial charge on any atom is -0.389 e. The Hall–Kier alpha value is -1.16. The summed E-state index contributed by atoms with van der Waals surface area (Å²) in [6.45, 7) is 9.57. The van der Waals surface area contributed by atoms with Crippen molar-refractivity contribution >= 4 is 23.0 Å². The molecule has 2 N–H and O–H groups in total. The molecule has 0 radical (unpaired) electrons. The number of pyridine rings is 1. The van der Waals surface area contributed by atoms with Crippen LogP contribution in [0.1, 0.15) is 43.5 Å². The maximum Gasteiger partial charge on any atom is 0.139 e. The molecular formula is C15H23N3S. The lowest BCUT2D eigenvalue weighted by Gasteiger charge is -2.28. The van der Waals surface area contributed by atoms with Gasteiger partial charge in [0.1, 0.15) is 10.8 Å². The fraction of sp³-hybridized carbons (Fsp3) is 0.600. The van der Waals surface area contributed by atoms with E-state index in [0.29, 0.717) is 16.9 Å². The highest BCUT2D eigenvalue weighted by atomic mass is 32.1. The maximum absolute atomic E-state index is 5.92. The molecule has 104 valence electrons. The first-order chi connectivity index (χ1) is 8.90. The molecule has 0 bridgehead atoms. The van der Waals surface area contributed by atoms with Gasteiger partial charge in [0.05, 0.1) is 5.56 Å². The van der Waals surface area contributed by atoms with Crippen LogP contribution in [0.3, 0.4) is 0 Å². The molecule has 0 unspecified atom stereocenters. The van der Waals surface area contributed by atoms with Crippen LogP contribution < -0.4 is 10.6 Å². The van der Waals surface area contributed by atoms with Gasteiger partial charge in [0.15, 0.2) is 0 Å². The molecule has 19 heavy (non-hydrogen) atoms. The van der Waals surface area contributed by atoms with Crippen LogP contribution in [0.25, 0.3) is 0 Å². The van der Waals surface area contributed by atoms with Gasteiger partial charge in [0.2, 0.25) is 0 Å². The topological polar surface area (TPSA) is 42.1 Å². The monoisotopic (exact) mass is 277 g/mol. The highest BCUT2D eigenvalue weighted by Gasteiger charge is 2.32. The number of hydrogen-bond donors (Lipinski definition) is 1. The Balaban J connectivity index is 2.48. The fourth-order valence-electron chi connectivity index (χ4n) is 2.52. The van der Waals surface area contributed by atoms with Gasteiger partial charge in [-0.05, 0) is 44.2 Å². The molecule has 0 aliphatic heterocycles. The smallest absolute Gasteiger partial charge is 0.139 e. The average molecular weight is 277 g/mol. The number of hydrogen-bond acceptors (Lipinski definition) is 3. The third-order valence-electron chi connectivity index (χ3n) is 3.39. The number of nitrogens with zero attached hydrogens (tertiary/aromatic N) is 2. The van der Waals surface area contributed by atoms with E-state index < -0.39 is 0 Å². The molecule has 3 nitrogen and oxygen atoms in total. The standard InChI is InChI=1S/C15H23N3S/c1-9(2)8-18(12-5-6-12)15-13(14(16)19)10(3)7-11(4)17-15/h7,9,12H,5-6,8H2,1-4H3,(H2,16,19). The number of aryl methyl sites for hydroxylation is 2. The lowest BCUT2D eigenvalue weighted by Crippen LogP contribution is -2.33. The van der Waals surface area contributed by atoms with Crippen molar-refractivity contribution in [1.29, 1.82) is 0 Å². The van der Waals surface area contributed by atoms with Crippen molar-refractivity contribution in [2.75, 3.05) is 11.4 Å². The first-order valence-corrected chi connectivity index (χ1v) is 7.35. The molecule has 1 aliphatic carbocycles. The van der Waals surface area contributed by atoms with Crippen LogP contribution in [0, 0.1) is 19.8 Å². The lowest BCUT2D eigenvalue weighted by molar-refractivity contribution is 0.602. The summed E-state index contributed by atoms with van der Waals surface area (Å²) in [6, 6.07) is 2.67. The fourth-order valence-corrected chi connectivity index (χ4v) is 2.77. The van der Waals surface area contributed by atoms with Crippen molar-refractivity contribution in [1.82, 2.24) is 4.98 Å². The summed E-state index contributed by atoms with van der Waals surface area (Å²) in [5.74, 6) is 1.59. The van der Waals surface area contributed by atoms with Crippen LogP contribution in [0.2, 0.25) is 0 Å². The third kappa shape index (κ3) is 3.24. The van der Waals surface area contributed by atoms with Crippen molar-refractivity contribution in [3.05, 3.63) is 22.9 Å². The first-order valence-electron chi connectivity index (χ1n) is 6.94. The second kappa shape index (κ2) is 5.45. The number of anilines is 1. The predicted octanol–water partition coefficient (Wildman–Crippen LogP) is 2.96. The van der Waals surface area contributed by atoms with Crippen molar-refractivity contribution in [3.63, 3.8) is 0 Å². The van der Waals surface area contributed by atoms with E-state index in [2.05, 4.69) is 31.7 Å². The van der Waals surface area contributed by atoms with Crippen molar-refractivity contribution in [2.24, 2.45) is 11.7 Å². The molecule has 1 aromatic rings. The van der Waals surface area contributed by atoms with Gasteiger partial charge in [-0.3, -0.25) is 0 Å². The number of nitrogens with two attached hydrogens (primary N) is 1. The molecule has 1 aliphatic rings. The minimum atomic E-state index is 0.453. The van der Waals surface area contributed by atoms with Crippen LogP contribution in [-0.2, 0) is 0 Å². The van der Waals surface area contributed by atoms with Gasteiger partial charge < -0.3 is 10.6 Å². The predicted molar refractivity (Wildman–Crippen MR) is 84.8 cm³/mol. The number of rotatable bonds is 5. The highest BCUT2D eigenvalue weighted by Crippen LogP contribution is 2.34. The molecule has 0 aromatic carbocycles. The molecule has 0 amide bonds. The van der Waals surface area contributed by atoms with Crippen molar-refractivity contribution < 1.29 is 0 Å². The summed E-state index contributed by atoms with van der Waals surface area (Å²) >= 11 is 5.23. The van der Waals surface area contributed by atoms with Gasteiger partial charge in [-0.25, -0.2) is 4.98 Å². The Morgan fingerprint density at radius 3 is 2.58 bits per heavy atom. The second-order valence-corrected chi connectivity index (χ2v) is 6.36. The van der Waals surface area contributed by atoms with E-state index >= 15 is 0 Å². The molecule has 4 heteroatoms. The van der Waals surface area contributed by atoms with Gasteiger partial charge in [0, 0.05) is 18.3 Å². The lowest BCUT2D eigenvalue weighted by atomic mass is 10.1. The largest absolute Gasteiger partial charge is 0.389 e. The zero-order chi connectivity index (χ0) is 14.2. The molecule has 0 atom stereocenters. The van der Waals surface area contributed by atoms with Crippen LogP contribution in [0.4, 0.5) is 5.82 Å². The zero-order valence-electron chi connectivity index (χ0n) is 12.2. The van der Waals surface area contributed by atoms with Gasteiger partial charge in [-0.15, -0.1) is 0 Å². The normalized spacial score (nSPS) is 14.8. The van der Waals surface area contributed by atoms with E-state index in [9.17, 15) is 0 Å².